The number of amides is 1. The Hall–Kier alpha value is -2.38. The van der Waals surface area contributed by atoms with Crippen molar-refractivity contribution in [1.29, 1.82) is 0 Å². The van der Waals surface area contributed by atoms with Crippen LogP contribution in [0.2, 0.25) is 0 Å². The molecule has 0 radical (unpaired) electrons. The maximum absolute atomic E-state index is 12.7. The molecule has 7 heteroatoms. The molecule has 6 nitrogen and oxygen atoms in total. The lowest BCUT2D eigenvalue weighted by Gasteiger charge is -2.18. The van der Waals surface area contributed by atoms with Crippen molar-refractivity contribution in [2.24, 2.45) is 5.92 Å². The van der Waals surface area contributed by atoms with Crippen LogP contribution in [-0.2, 0) is 10.0 Å². The molecule has 0 bridgehead atoms. The third-order valence-electron chi connectivity index (χ3n) is 5.71. The number of nitrogens with one attached hydrogen (secondary N) is 1. The summed E-state index contributed by atoms with van der Waals surface area (Å²) in [5.74, 6) is 0.393. The fourth-order valence-electron chi connectivity index (χ4n) is 4.00. The van der Waals surface area contributed by atoms with Crippen molar-refractivity contribution in [3.63, 3.8) is 0 Å². The number of rotatable bonds is 5. The molecule has 2 aromatic rings. The van der Waals surface area contributed by atoms with E-state index < -0.39 is 10.0 Å². The predicted octanol–water partition coefficient (Wildman–Crippen LogP) is 3.57. The summed E-state index contributed by atoms with van der Waals surface area (Å²) in [7, 11) is -3.54. The zero-order valence-electron chi connectivity index (χ0n) is 16.7. The highest BCUT2D eigenvalue weighted by molar-refractivity contribution is 7.89. The first-order chi connectivity index (χ1) is 13.9. The fourth-order valence-corrected chi connectivity index (χ4v) is 5.57. The maximum atomic E-state index is 12.7. The molecule has 1 unspecified atom stereocenters. The molecule has 2 aliphatic rings. The van der Waals surface area contributed by atoms with E-state index in [-0.39, 0.29) is 10.8 Å². The van der Waals surface area contributed by atoms with Crippen molar-refractivity contribution >= 4 is 27.3 Å². The molecule has 1 N–H and O–H groups in total. The minimum atomic E-state index is -3.54. The van der Waals surface area contributed by atoms with E-state index in [0.29, 0.717) is 30.3 Å². The van der Waals surface area contributed by atoms with Gasteiger partial charge < -0.3 is 10.2 Å². The third-order valence-corrected chi connectivity index (χ3v) is 7.61. The molecular formula is C22H27N3O3S. The van der Waals surface area contributed by atoms with E-state index in [0.717, 1.165) is 31.6 Å². The molecule has 0 aromatic heterocycles. The zero-order chi connectivity index (χ0) is 20.4. The van der Waals surface area contributed by atoms with Gasteiger partial charge in [0.05, 0.1) is 4.90 Å². The summed E-state index contributed by atoms with van der Waals surface area (Å²) in [6.45, 7) is 5.46. The Bertz CT molecular complexity index is 983. The van der Waals surface area contributed by atoms with Crippen molar-refractivity contribution in [2.75, 3.05) is 36.4 Å². The third kappa shape index (κ3) is 4.31. The van der Waals surface area contributed by atoms with Crippen LogP contribution in [0.5, 0.6) is 0 Å². The van der Waals surface area contributed by atoms with Gasteiger partial charge in [0.2, 0.25) is 10.0 Å². The number of hydrogen-bond donors (Lipinski definition) is 1. The molecule has 154 valence electrons. The highest BCUT2D eigenvalue weighted by Gasteiger charge is 2.27. The average molecular weight is 414 g/mol. The molecule has 0 spiro atoms. The van der Waals surface area contributed by atoms with Gasteiger partial charge in [-0.3, -0.25) is 4.79 Å². The van der Waals surface area contributed by atoms with Crippen LogP contribution in [0, 0.1) is 5.92 Å². The van der Waals surface area contributed by atoms with Gasteiger partial charge >= 0.3 is 0 Å². The summed E-state index contributed by atoms with van der Waals surface area (Å²) in [5, 5.41) is 2.87. The molecule has 0 saturated carbocycles. The lowest BCUT2D eigenvalue weighted by atomic mass is 10.2. The number of benzene rings is 2. The van der Waals surface area contributed by atoms with Crippen molar-refractivity contribution in [1.82, 2.24) is 4.31 Å². The van der Waals surface area contributed by atoms with Crippen LogP contribution in [-0.4, -0.2) is 44.8 Å². The summed E-state index contributed by atoms with van der Waals surface area (Å²) < 4.78 is 27.0. The van der Waals surface area contributed by atoms with E-state index in [1.54, 1.807) is 18.2 Å². The second kappa shape index (κ2) is 8.16. The standard InChI is InChI=1S/C22H27N3O3S/c1-17-11-14-24(16-17)20-9-7-19(8-10-20)23-22(26)18-5-4-6-21(15-18)29(27,28)25-12-2-3-13-25/h4-10,15,17H,2-3,11-14,16H2,1H3,(H,23,26). The van der Waals surface area contributed by atoms with E-state index in [4.69, 9.17) is 0 Å². The van der Waals surface area contributed by atoms with Gasteiger partial charge in [0.1, 0.15) is 0 Å². The van der Waals surface area contributed by atoms with E-state index in [1.807, 2.05) is 24.3 Å². The van der Waals surface area contributed by atoms with Gasteiger partial charge in [-0.1, -0.05) is 13.0 Å². The van der Waals surface area contributed by atoms with E-state index in [1.165, 1.54) is 16.8 Å². The lowest BCUT2D eigenvalue weighted by Crippen LogP contribution is -2.28. The molecule has 1 atom stereocenters. The summed E-state index contributed by atoms with van der Waals surface area (Å²) in [4.78, 5) is 15.2. The summed E-state index contributed by atoms with van der Waals surface area (Å²) in [6.07, 6.45) is 2.96. The summed E-state index contributed by atoms with van der Waals surface area (Å²) in [5.41, 5.74) is 2.19. The second-order valence-corrected chi connectivity index (χ2v) is 9.92. The number of carbonyl (C=O) groups is 1. The van der Waals surface area contributed by atoms with E-state index in [2.05, 4.69) is 17.1 Å². The molecule has 0 aliphatic carbocycles. The van der Waals surface area contributed by atoms with Crippen molar-refractivity contribution < 1.29 is 13.2 Å². The SMILES string of the molecule is CC1CCN(c2ccc(NC(=O)c3cccc(S(=O)(=O)N4CCCC4)c3)cc2)C1. The molecule has 29 heavy (non-hydrogen) atoms. The molecular weight excluding hydrogens is 386 g/mol. The molecule has 2 aromatic carbocycles. The Labute approximate surface area is 172 Å². The predicted molar refractivity (Wildman–Crippen MR) is 115 cm³/mol. The van der Waals surface area contributed by atoms with Gasteiger partial charge in [0.15, 0.2) is 0 Å². The zero-order valence-corrected chi connectivity index (χ0v) is 17.5. The second-order valence-electron chi connectivity index (χ2n) is 7.98. The number of carbonyl (C=O) groups excluding carboxylic acids is 1. The first-order valence-corrected chi connectivity index (χ1v) is 11.6. The largest absolute Gasteiger partial charge is 0.371 e. The molecule has 2 fully saturated rings. The smallest absolute Gasteiger partial charge is 0.255 e. The summed E-state index contributed by atoms with van der Waals surface area (Å²) in [6, 6.07) is 14.1. The normalized spacial score (nSPS) is 20.2. The fraction of sp³-hybridized carbons (Fsp3) is 0.409. The number of hydrogen-bond acceptors (Lipinski definition) is 4. The highest BCUT2D eigenvalue weighted by Crippen LogP contribution is 2.25. The molecule has 2 heterocycles. The average Bonchev–Trinajstić information content (AvgIpc) is 3.41. The first-order valence-electron chi connectivity index (χ1n) is 10.2. The number of nitrogens with zero attached hydrogens (tertiary/aromatic N) is 2. The van der Waals surface area contributed by atoms with Crippen LogP contribution >= 0.6 is 0 Å². The number of sulfonamides is 1. The lowest BCUT2D eigenvalue weighted by molar-refractivity contribution is 0.102. The Balaban J connectivity index is 1.46. The van der Waals surface area contributed by atoms with Gasteiger partial charge in [-0.2, -0.15) is 4.31 Å². The van der Waals surface area contributed by atoms with Crippen LogP contribution < -0.4 is 10.2 Å². The van der Waals surface area contributed by atoms with Crippen molar-refractivity contribution in [3.8, 4) is 0 Å². The Morgan fingerprint density at radius 3 is 2.41 bits per heavy atom. The summed E-state index contributed by atoms with van der Waals surface area (Å²) >= 11 is 0. The van der Waals surface area contributed by atoms with Crippen LogP contribution in [0.4, 0.5) is 11.4 Å². The number of anilines is 2. The first kappa shape index (κ1) is 19.9. The molecule has 4 rings (SSSR count). The van der Waals surface area contributed by atoms with E-state index in [9.17, 15) is 13.2 Å². The Morgan fingerprint density at radius 1 is 1.03 bits per heavy atom. The minimum absolute atomic E-state index is 0.172. The monoisotopic (exact) mass is 413 g/mol. The topological polar surface area (TPSA) is 69.7 Å². The van der Waals surface area contributed by atoms with Gasteiger partial charge in [-0.15, -0.1) is 0 Å². The van der Waals surface area contributed by atoms with Gasteiger partial charge in [-0.05, 0) is 67.6 Å². The van der Waals surface area contributed by atoms with E-state index >= 15 is 0 Å². The van der Waals surface area contributed by atoms with Gasteiger partial charge in [-0.25, -0.2) is 8.42 Å². The van der Waals surface area contributed by atoms with Gasteiger partial charge in [0, 0.05) is 43.1 Å². The highest BCUT2D eigenvalue weighted by atomic mass is 32.2. The van der Waals surface area contributed by atoms with Gasteiger partial charge in [0.25, 0.3) is 5.91 Å². The quantitative estimate of drug-likeness (QED) is 0.814. The molecule has 1 amide bonds. The minimum Gasteiger partial charge on any atom is -0.371 e. The van der Waals surface area contributed by atoms with Crippen LogP contribution in [0.15, 0.2) is 53.4 Å². The van der Waals surface area contributed by atoms with Crippen molar-refractivity contribution in [3.05, 3.63) is 54.1 Å². The van der Waals surface area contributed by atoms with Crippen LogP contribution in [0.25, 0.3) is 0 Å². The Morgan fingerprint density at radius 2 is 1.76 bits per heavy atom. The van der Waals surface area contributed by atoms with Crippen LogP contribution in [0.3, 0.4) is 0 Å². The maximum Gasteiger partial charge on any atom is 0.255 e. The molecule has 2 saturated heterocycles. The molecule has 2 aliphatic heterocycles. The Kier molecular flexibility index (Phi) is 5.61. The van der Waals surface area contributed by atoms with Crippen molar-refractivity contribution in [2.45, 2.75) is 31.1 Å². The van der Waals surface area contributed by atoms with Crippen LogP contribution in [0.1, 0.15) is 36.5 Å².